The van der Waals surface area contributed by atoms with Crippen LogP contribution < -0.4 is 10.0 Å². The number of carbonyl (C=O) groups excluding carboxylic acids is 1. The molecule has 1 amide bonds. The molecule has 0 saturated carbocycles. The lowest BCUT2D eigenvalue weighted by molar-refractivity contribution is -0.116. The zero-order valence-corrected chi connectivity index (χ0v) is 16.2. The van der Waals surface area contributed by atoms with Gasteiger partial charge in [0.2, 0.25) is 15.9 Å². The number of sulfonamides is 1. The topological polar surface area (TPSA) is 75.3 Å². The molecule has 0 spiro atoms. The van der Waals surface area contributed by atoms with Crippen LogP contribution in [0.25, 0.3) is 6.08 Å². The van der Waals surface area contributed by atoms with Crippen molar-refractivity contribution in [3.63, 3.8) is 0 Å². The van der Waals surface area contributed by atoms with Gasteiger partial charge in [-0.2, -0.15) is 0 Å². The zero-order valence-electron chi connectivity index (χ0n) is 15.4. The molecule has 27 heavy (non-hydrogen) atoms. The molecule has 0 unspecified atom stereocenters. The minimum Gasteiger partial charge on any atom is -0.326 e. The van der Waals surface area contributed by atoms with Gasteiger partial charge in [0.15, 0.2) is 0 Å². The van der Waals surface area contributed by atoms with Crippen LogP contribution in [0.4, 0.5) is 5.69 Å². The highest BCUT2D eigenvalue weighted by Gasteiger charge is 2.12. The number of amides is 1. The molecular weight excluding hydrogens is 360 g/mol. The molecule has 0 atom stereocenters. The third-order valence-electron chi connectivity index (χ3n) is 4.55. The number of fused-ring (bicyclic) bond motifs is 1. The van der Waals surface area contributed by atoms with Gasteiger partial charge in [0, 0.05) is 24.1 Å². The van der Waals surface area contributed by atoms with E-state index in [1.165, 1.54) is 17.2 Å². The van der Waals surface area contributed by atoms with E-state index in [9.17, 15) is 13.2 Å². The third kappa shape index (κ3) is 5.77. The van der Waals surface area contributed by atoms with Crippen LogP contribution in [0.1, 0.15) is 35.1 Å². The number of anilines is 1. The van der Waals surface area contributed by atoms with Crippen LogP contribution in [-0.4, -0.2) is 20.9 Å². The third-order valence-corrected chi connectivity index (χ3v) is 5.66. The summed E-state index contributed by atoms with van der Waals surface area (Å²) >= 11 is 0. The zero-order chi connectivity index (χ0) is 19.3. The second-order valence-electron chi connectivity index (χ2n) is 6.79. The Morgan fingerprint density at radius 1 is 1.07 bits per heavy atom. The number of benzene rings is 2. The first-order chi connectivity index (χ1) is 12.9. The van der Waals surface area contributed by atoms with E-state index in [1.54, 1.807) is 0 Å². The number of hydrogen-bond acceptors (Lipinski definition) is 3. The van der Waals surface area contributed by atoms with Crippen molar-refractivity contribution >= 4 is 27.7 Å². The van der Waals surface area contributed by atoms with E-state index in [2.05, 4.69) is 16.1 Å². The van der Waals surface area contributed by atoms with Gasteiger partial charge >= 0.3 is 0 Å². The second-order valence-corrected chi connectivity index (χ2v) is 8.44. The summed E-state index contributed by atoms with van der Waals surface area (Å²) in [5.41, 5.74) is 5.32. The predicted molar refractivity (Wildman–Crippen MR) is 109 cm³/mol. The highest BCUT2D eigenvalue weighted by atomic mass is 32.2. The van der Waals surface area contributed by atoms with Crippen molar-refractivity contribution in [2.45, 2.75) is 32.6 Å². The highest BCUT2D eigenvalue weighted by molar-refractivity contribution is 7.92. The standard InChI is InChI=1S/C21H24N2O3S/c1-16-5-7-17(8-6-16)12-14-27(25,26)22-13-11-21(24)23-20-10-9-18-3-2-4-19(18)15-20/h5-10,12,14-15,22H,2-4,11,13H2,1H3,(H,23,24)/b14-12+. The van der Waals surface area contributed by atoms with Gasteiger partial charge in [0.25, 0.3) is 0 Å². The van der Waals surface area contributed by atoms with Gasteiger partial charge in [-0.1, -0.05) is 35.9 Å². The van der Waals surface area contributed by atoms with Crippen LogP contribution in [0.15, 0.2) is 47.9 Å². The second kappa shape index (κ2) is 8.50. The van der Waals surface area contributed by atoms with Crippen LogP contribution >= 0.6 is 0 Å². The average molecular weight is 385 g/mol. The Bertz CT molecular complexity index is 948. The number of hydrogen-bond donors (Lipinski definition) is 2. The van der Waals surface area contributed by atoms with Gasteiger partial charge in [0.1, 0.15) is 0 Å². The minimum atomic E-state index is -3.58. The van der Waals surface area contributed by atoms with E-state index in [0.29, 0.717) is 0 Å². The van der Waals surface area contributed by atoms with Gasteiger partial charge in [-0.15, -0.1) is 0 Å². The Balaban J connectivity index is 1.46. The quantitative estimate of drug-likeness (QED) is 0.768. The number of carbonyl (C=O) groups is 1. The van der Waals surface area contributed by atoms with Crippen LogP contribution in [-0.2, 0) is 27.7 Å². The van der Waals surface area contributed by atoms with Crippen LogP contribution in [0.5, 0.6) is 0 Å². The first-order valence-corrected chi connectivity index (χ1v) is 10.6. The van der Waals surface area contributed by atoms with Gasteiger partial charge in [-0.05, 0) is 61.1 Å². The summed E-state index contributed by atoms with van der Waals surface area (Å²) in [4.78, 5) is 12.0. The Hall–Kier alpha value is -2.44. The molecule has 0 bridgehead atoms. The molecule has 3 rings (SSSR count). The van der Waals surface area contributed by atoms with Crippen molar-refractivity contribution in [1.82, 2.24) is 4.72 Å². The molecule has 2 aromatic carbocycles. The number of aryl methyl sites for hydroxylation is 3. The molecule has 6 heteroatoms. The summed E-state index contributed by atoms with van der Waals surface area (Å²) in [5.74, 6) is -0.210. The Labute approximate surface area is 160 Å². The first kappa shape index (κ1) is 19.3. The van der Waals surface area contributed by atoms with Crippen molar-refractivity contribution in [3.8, 4) is 0 Å². The average Bonchev–Trinajstić information content (AvgIpc) is 3.09. The molecular formula is C21H24N2O3S. The van der Waals surface area contributed by atoms with Gasteiger partial charge in [0.05, 0.1) is 0 Å². The molecule has 0 radical (unpaired) electrons. The SMILES string of the molecule is Cc1ccc(/C=C/S(=O)(=O)NCCC(=O)Nc2ccc3c(c2)CCC3)cc1. The smallest absolute Gasteiger partial charge is 0.233 e. The predicted octanol–water partition coefficient (Wildman–Crippen LogP) is 3.40. The number of nitrogens with one attached hydrogen (secondary N) is 2. The molecule has 0 aliphatic heterocycles. The fraction of sp³-hybridized carbons (Fsp3) is 0.286. The lowest BCUT2D eigenvalue weighted by atomic mass is 10.1. The van der Waals surface area contributed by atoms with E-state index in [0.717, 1.165) is 41.5 Å². The summed E-state index contributed by atoms with van der Waals surface area (Å²) in [5, 5.41) is 3.95. The largest absolute Gasteiger partial charge is 0.326 e. The maximum Gasteiger partial charge on any atom is 0.233 e. The molecule has 0 aromatic heterocycles. The summed E-state index contributed by atoms with van der Waals surface area (Å²) < 4.78 is 26.4. The van der Waals surface area contributed by atoms with Crippen molar-refractivity contribution < 1.29 is 13.2 Å². The van der Waals surface area contributed by atoms with Crippen LogP contribution in [0.2, 0.25) is 0 Å². The molecule has 2 aromatic rings. The number of rotatable bonds is 7. The van der Waals surface area contributed by atoms with Crippen molar-refractivity contribution in [2.24, 2.45) is 0 Å². The molecule has 2 N–H and O–H groups in total. The lowest BCUT2D eigenvalue weighted by Crippen LogP contribution is -2.26. The normalized spacial score (nSPS) is 13.7. The van der Waals surface area contributed by atoms with Crippen LogP contribution in [0.3, 0.4) is 0 Å². The first-order valence-electron chi connectivity index (χ1n) is 9.07. The minimum absolute atomic E-state index is 0.0529. The fourth-order valence-electron chi connectivity index (χ4n) is 3.07. The highest BCUT2D eigenvalue weighted by Crippen LogP contribution is 2.24. The van der Waals surface area contributed by atoms with Gasteiger partial charge in [-0.25, -0.2) is 13.1 Å². The molecule has 5 nitrogen and oxygen atoms in total. The molecule has 0 saturated heterocycles. The molecule has 1 aliphatic carbocycles. The van der Waals surface area contributed by atoms with Crippen molar-refractivity contribution in [2.75, 3.05) is 11.9 Å². The molecule has 0 fully saturated rings. The molecule has 0 heterocycles. The van der Waals surface area contributed by atoms with E-state index < -0.39 is 10.0 Å². The van der Waals surface area contributed by atoms with E-state index in [1.807, 2.05) is 43.3 Å². The summed E-state index contributed by atoms with van der Waals surface area (Å²) in [6, 6.07) is 13.5. The Kier molecular flexibility index (Phi) is 6.08. The van der Waals surface area contributed by atoms with Crippen molar-refractivity contribution in [1.29, 1.82) is 0 Å². The van der Waals surface area contributed by atoms with Gasteiger partial charge in [-0.3, -0.25) is 4.79 Å². The fourth-order valence-corrected chi connectivity index (χ4v) is 3.89. The summed E-state index contributed by atoms with van der Waals surface area (Å²) in [6.45, 7) is 2.02. The lowest BCUT2D eigenvalue weighted by Gasteiger charge is -2.08. The summed E-state index contributed by atoms with van der Waals surface area (Å²) in [6.07, 6.45) is 4.92. The van der Waals surface area contributed by atoms with E-state index >= 15 is 0 Å². The van der Waals surface area contributed by atoms with Crippen molar-refractivity contribution in [3.05, 3.63) is 70.1 Å². The van der Waals surface area contributed by atoms with Gasteiger partial charge < -0.3 is 5.32 Å². The summed E-state index contributed by atoms with van der Waals surface area (Å²) in [7, 11) is -3.58. The van der Waals surface area contributed by atoms with E-state index in [4.69, 9.17) is 0 Å². The maximum absolute atomic E-state index is 12.0. The molecule has 1 aliphatic rings. The van der Waals surface area contributed by atoms with E-state index in [-0.39, 0.29) is 18.9 Å². The maximum atomic E-state index is 12.0. The van der Waals surface area contributed by atoms with Crippen LogP contribution in [0, 0.1) is 6.92 Å². The monoisotopic (exact) mass is 384 g/mol. The Morgan fingerprint density at radius 2 is 1.81 bits per heavy atom. The Morgan fingerprint density at radius 3 is 2.59 bits per heavy atom. The molecule has 142 valence electrons.